The number of nitrogens with zero attached hydrogens (tertiary/aromatic N) is 2. The second kappa shape index (κ2) is 6.79. The topological polar surface area (TPSA) is 96.6 Å². The van der Waals surface area contributed by atoms with Gasteiger partial charge in [-0.25, -0.2) is 4.99 Å². The Kier molecular flexibility index (Phi) is 4.53. The average Bonchev–Trinajstić information content (AvgIpc) is 2.87. The van der Waals surface area contributed by atoms with Crippen LogP contribution in [-0.4, -0.2) is 16.8 Å². The lowest BCUT2D eigenvalue weighted by Crippen LogP contribution is -2.30. The van der Waals surface area contributed by atoms with Crippen molar-refractivity contribution in [1.82, 2.24) is 5.32 Å². The van der Waals surface area contributed by atoms with E-state index in [-0.39, 0.29) is 17.3 Å². The lowest BCUT2D eigenvalue weighted by Gasteiger charge is -2.07. The van der Waals surface area contributed by atoms with E-state index in [0.717, 1.165) is 16.8 Å². The highest BCUT2D eigenvalue weighted by atomic mass is 16.6. The number of nitro groups is 1. The van der Waals surface area contributed by atoms with Crippen LogP contribution < -0.4 is 10.6 Å². The molecule has 132 valence electrons. The molecule has 1 aliphatic heterocycles. The number of benzene rings is 2. The van der Waals surface area contributed by atoms with Crippen molar-refractivity contribution in [2.75, 3.05) is 5.32 Å². The zero-order valence-electron chi connectivity index (χ0n) is 14.7. The first-order valence-electron chi connectivity index (χ1n) is 8.04. The van der Waals surface area contributed by atoms with Gasteiger partial charge in [-0.15, -0.1) is 0 Å². The van der Waals surface area contributed by atoms with Gasteiger partial charge in [0.1, 0.15) is 5.70 Å². The van der Waals surface area contributed by atoms with E-state index in [9.17, 15) is 14.9 Å². The highest BCUT2D eigenvalue weighted by Crippen LogP contribution is 2.22. The molecule has 0 radical (unpaired) electrons. The van der Waals surface area contributed by atoms with Gasteiger partial charge in [0.2, 0.25) is 5.96 Å². The van der Waals surface area contributed by atoms with E-state index in [1.807, 2.05) is 26.0 Å². The van der Waals surface area contributed by atoms with E-state index >= 15 is 0 Å². The molecule has 0 unspecified atom stereocenters. The van der Waals surface area contributed by atoms with Gasteiger partial charge in [0.15, 0.2) is 0 Å². The summed E-state index contributed by atoms with van der Waals surface area (Å²) >= 11 is 0. The highest BCUT2D eigenvalue weighted by molar-refractivity contribution is 6.17. The fraction of sp³-hybridized carbons (Fsp3) is 0.158. The lowest BCUT2D eigenvalue weighted by atomic mass is 10.1. The molecule has 0 saturated carbocycles. The Morgan fingerprint density at radius 1 is 1.12 bits per heavy atom. The third-order valence-corrected chi connectivity index (χ3v) is 3.91. The zero-order valence-corrected chi connectivity index (χ0v) is 14.7. The number of nitro benzene ring substituents is 1. The van der Waals surface area contributed by atoms with Gasteiger partial charge in [0, 0.05) is 17.3 Å². The molecule has 7 nitrogen and oxygen atoms in total. The molecule has 2 N–H and O–H groups in total. The van der Waals surface area contributed by atoms with E-state index in [0.29, 0.717) is 17.1 Å². The standard InChI is InChI=1S/C19H18N4O3/c1-11-6-12(2)8-15(7-11)20-19-21-16(18(24)22-19)9-14-5-4-13(3)17(10-14)23(25)26/h4-10H,1-3H3,(H2,20,21,22,24)/b16-9+. The van der Waals surface area contributed by atoms with Crippen molar-refractivity contribution in [2.45, 2.75) is 20.8 Å². The molecule has 3 rings (SSSR count). The zero-order chi connectivity index (χ0) is 18.8. The summed E-state index contributed by atoms with van der Waals surface area (Å²) in [4.78, 5) is 27.0. The minimum atomic E-state index is -0.442. The predicted octanol–water partition coefficient (Wildman–Crippen LogP) is 3.46. The molecule has 26 heavy (non-hydrogen) atoms. The molecule has 1 heterocycles. The molecule has 0 bridgehead atoms. The van der Waals surface area contributed by atoms with E-state index < -0.39 is 4.92 Å². The normalized spacial score (nSPS) is 15.0. The van der Waals surface area contributed by atoms with Crippen molar-refractivity contribution >= 4 is 29.3 Å². The van der Waals surface area contributed by atoms with Crippen LogP contribution >= 0.6 is 0 Å². The van der Waals surface area contributed by atoms with Crippen LogP contribution in [0.4, 0.5) is 11.4 Å². The number of hydrogen-bond donors (Lipinski definition) is 2. The van der Waals surface area contributed by atoms with Crippen LogP contribution in [0.15, 0.2) is 47.1 Å². The summed E-state index contributed by atoms with van der Waals surface area (Å²) in [6.07, 6.45) is 1.53. The van der Waals surface area contributed by atoms with Crippen molar-refractivity contribution in [3.05, 3.63) is 74.5 Å². The first kappa shape index (κ1) is 17.3. The summed E-state index contributed by atoms with van der Waals surface area (Å²) in [5.74, 6) is -0.0343. The van der Waals surface area contributed by atoms with Crippen molar-refractivity contribution in [3.63, 3.8) is 0 Å². The van der Waals surface area contributed by atoms with Crippen molar-refractivity contribution in [1.29, 1.82) is 0 Å². The van der Waals surface area contributed by atoms with Crippen LogP contribution in [-0.2, 0) is 4.79 Å². The Hall–Kier alpha value is -3.48. The fourth-order valence-electron chi connectivity index (χ4n) is 2.78. The average molecular weight is 350 g/mol. The maximum Gasteiger partial charge on any atom is 0.276 e. The SMILES string of the molecule is Cc1cc(C)cc(NC2=N/C(=C/c3ccc(C)c([N+](=O)[O-])c3)C(=O)N2)c1. The number of nitrogens with one attached hydrogen (secondary N) is 2. The van der Waals surface area contributed by atoms with Gasteiger partial charge in [0.25, 0.3) is 11.6 Å². The van der Waals surface area contributed by atoms with Crippen molar-refractivity contribution < 1.29 is 9.72 Å². The van der Waals surface area contributed by atoms with Crippen molar-refractivity contribution in [2.24, 2.45) is 4.99 Å². The molecule has 2 aromatic rings. The summed E-state index contributed by atoms with van der Waals surface area (Å²) in [6.45, 7) is 5.65. The van der Waals surface area contributed by atoms with Crippen LogP contribution in [0, 0.1) is 30.9 Å². The van der Waals surface area contributed by atoms with Gasteiger partial charge in [-0.2, -0.15) is 0 Å². The first-order valence-corrected chi connectivity index (χ1v) is 8.04. The molecule has 0 spiro atoms. The maximum absolute atomic E-state index is 12.1. The molecule has 0 saturated heterocycles. The first-order chi connectivity index (χ1) is 12.3. The van der Waals surface area contributed by atoms with Gasteiger partial charge < -0.3 is 5.32 Å². The van der Waals surface area contributed by atoms with Crippen LogP contribution in [0.5, 0.6) is 0 Å². The van der Waals surface area contributed by atoms with E-state index in [2.05, 4.69) is 21.7 Å². The molecule has 1 amide bonds. The Balaban J connectivity index is 1.87. The Morgan fingerprint density at radius 3 is 2.46 bits per heavy atom. The summed E-state index contributed by atoms with van der Waals surface area (Å²) in [7, 11) is 0. The number of hydrogen-bond acceptors (Lipinski definition) is 5. The van der Waals surface area contributed by atoms with Crippen molar-refractivity contribution in [3.8, 4) is 0 Å². The third-order valence-electron chi connectivity index (χ3n) is 3.91. The molecule has 1 aliphatic rings. The van der Waals surface area contributed by atoms with Crippen LogP contribution in [0.2, 0.25) is 0 Å². The minimum absolute atomic E-state index is 0.00955. The Bertz CT molecular complexity index is 956. The van der Waals surface area contributed by atoms with E-state index in [1.165, 1.54) is 12.1 Å². The molecular weight excluding hydrogens is 332 g/mol. The predicted molar refractivity (Wildman–Crippen MR) is 101 cm³/mol. The molecule has 0 atom stereocenters. The highest BCUT2D eigenvalue weighted by Gasteiger charge is 2.20. The molecule has 2 aromatic carbocycles. The van der Waals surface area contributed by atoms with Crippen LogP contribution in [0.1, 0.15) is 22.3 Å². The van der Waals surface area contributed by atoms with Gasteiger partial charge in [0.05, 0.1) is 4.92 Å². The number of anilines is 1. The molecule has 0 fully saturated rings. The van der Waals surface area contributed by atoms with E-state index in [1.54, 1.807) is 19.1 Å². The molecule has 0 aromatic heterocycles. The summed E-state index contributed by atoms with van der Waals surface area (Å²) in [5, 5.41) is 16.8. The number of aryl methyl sites for hydroxylation is 3. The van der Waals surface area contributed by atoms with Gasteiger partial charge in [-0.3, -0.25) is 20.2 Å². The lowest BCUT2D eigenvalue weighted by molar-refractivity contribution is -0.385. The number of carbonyl (C=O) groups is 1. The number of aliphatic imine (C=N–C) groups is 1. The van der Waals surface area contributed by atoms with Crippen LogP contribution in [0.25, 0.3) is 6.08 Å². The molecule has 0 aliphatic carbocycles. The number of amides is 1. The summed E-state index contributed by atoms with van der Waals surface area (Å²) in [5.41, 5.74) is 4.33. The number of guanidine groups is 1. The summed E-state index contributed by atoms with van der Waals surface area (Å²) in [6, 6.07) is 10.7. The molecular formula is C19H18N4O3. The maximum atomic E-state index is 12.1. The van der Waals surface area contributed by atoms with Gasteiger partial charge in [-0.1, -0.05) is 18.2 Å². The Morgan fingerprint density at radius 2 is 1.81 bits per heavy atom. The van der Waals surface area contributed by atoms with Gasteiger partial charge >= 0.3 is 0 Å². The quantitative estimate of drug-likeness (QED) is 0.503. The monoisotopic (exact) mass is 350 g/mol. The summed E-state index contributed by atoms with van der Waals surface area (Å²) < 4.78 is 0. The second-order valence-corrected chi connectivity index (χ2v) is 6.25. The largest absolute Gasteiger partial charge is 0.326 e. The van der Waals surface area contributed by atoms with E-state index in [4.69, 9.17) is 0 Å². The fourth-order valence-corrected chi connectivity index (χ4v) is 2.78. The second-order valence-electron chi connectivity index (χ2n) is 6.25. The van der Waals surface area contributed by atoms with Crippen LogP contribution in [0.3, 0.4) is 0 Å². The smallest absolute Gasteiger partial charge is 0.276 e. The van der Waals surface area contributed by atoms with Gasteiger partial charge in [-0.05, 0) is 55.7 Å². The number of carbonyl (C=O) groups excluding carboxylic acids is 1. The molecule has 7 heteroatoms. The number of rotatable bonds is 3. The Labute approximate surface area is 150 Å². The third kappa shape index (κ3) is 3.77. The minimum Gasteiger partial charge on any atom is -0.326 e.